The largest absolute Gasteiger partial charge is 0.494 e. The van der Waals surface area contributed by atoms with E-state index < -0.39 is 6.10 Å². The summed E-state index contributed by atoms with van der Waals surface area (Å²) in [5.41, 5.74) is 6.27. The van der Waals surface area contributed by atoms with Crippen LogP contribution >= 0.6 is 0 Å². The van der Waals surface area contributed by atoms with E-state index in [1.54, 1.807) is 0 Å². The number of aliphatic hydroxyl groups excluding tert-OH is 2. The van der Waals surface area contributed by atoms with Crippen molar-refractivity contribution in [3.8, 4) is 5.75 Å². The summed E-state index contributed by atoms with van der Waals surface area (Å²) in [6, 6.07) is 7.46. The van der Waals surface area contributed by atoms with Crippen molar-refractivity contribution in [2.75, 3.05) is 13.2 Å². The Morgan fingerprint density at radius 3 is 2.60 bits per heavy atom. The molecule has 114 valence electrons. The van der Waals surface area contributed by atoms with E-state index in [-0.39, 0.29) is 12.0 Å². The predicted molar refractivity (Wildman–Crippen MR) is 80.6 cm³/mol. The molecule has 4 N–H and O–H groups in total. The van der Waals surface area contributed by atoms with Crippen molar-refractivity contribution < 1.29 is 14.9 Å². The molecular weight excluding hydrogens is 254 g/mol. The fourth-order valence-corrected chi connectivity index (χ4v) is 1.95. The first kappa shape index (κ1) is 17.0. The Labute approximate surface area is 121 Å². The molecule has 0 spiro atoms. The van der Waals surface area contributed by atoms with Gasteiger partial charge in [0, 0.05) is 0 Å². The summed E-state index contributed by atoms with van der Waals surface area (Å²) in [5.74, 6) is 1.03. The summed E-state index contributed by atoms with van der Waals surface area (Å²) in [5, 5.41) is 19.6. The van der Waals surface area contributed by atoms with E-state index in [0.29, 0.717) is 19.6 Å². The molecule has 2 unspecified atom stereocenters. The van der Waals surface area contributed by atoms with Gasteiger partial charge in [-0.05, 0) is 49.4 Å². The molecular formula is C16H27NO3. The SMILES string of the molecule is CC(C)C(O)CCCOc1cccc(C(O)CCN)c1. The second-order valence-corrected chi connectivity index (χ2v) is 5.47. The van der Waals surface area contributed by atoms with Gasteiger partial charge < -0.3 is 20.7 Å². The molecule has 0 aliphatic rings. The van der Waals surface area contributed by atoms with Crippen molar-refractivity contribution >= 4 is 0 Å². The molecule has 4 nitrogen and oxygen atoms in total. The Balaban J connectivity index is 2.39. The Morgan fingerprint density at radius 1 is 1.20 bits per heavy atom. The van der Waals surface area contributed by atoms with Crippen LogP contribution in [0.1, 0.15) is 44.8 Å². The highest BCUT2D eigenvalue weighted by Crippen LogP contribution is 2.21. The van der Waals surface area contributed by atoms with Gasteiger partial charge in [0.2, 0.25) is 0 Å². The van der Waals surface area contributed by atoms with Crippen LogP contribution in [-0.2, 0) is 0 Å². The maximum Gasteiger partial charge on any atom is 0.119 e. The fourth-order valence-electron chi connectivity index (χ4n) is 1.95. The summed E-state index contributed by atoms with van der Waals surface area (Å²) in [4.78, 5) is 0. The lowest BCUT2D eigenvalue weighted by Crippen LogP contribution is -2.15. The van der Waals surface area contributed by atoms with Crippen molar-refractivity contribution in [3.05, 3.63) is 29.8 Å². The fraction of sp³-hybridized carbons (Fsp3) is 0.625. The Bertz CT molecular complexity index is 382. The molecule has 0 amide bonds. The van der Waals surface area contributed by atoms with Crippen molar-refractivity contribution in [2.45, 2.75) is 45.3 Å². The van der Waals surface area contributed by atoms with Gasteiger partial charge in [0.1, 0.15) is 5.75 Å². The summed E-state index contributed by atoms with van der Waals surface area (Å²) >= 11 is 0. The van der Waals surface area contributed by atoms with Crippen LogP contribution in [0.25, 0.3) is 0 Å². The maximum absolute atomic E-state index is 9.88. The lowest BCUT2D eigenvalue weighted by Gasteiger charge is -2.15. The van der Waals surface area contributed by atoms with Gasteiger partial charge in [-0.1, -0.05) is 26.0 Å². The van der Waals surface area contributed by atoms with Crippen molar-refractivity contribution in [3.63, 3.8) is 0 Å². The number of benzene rings is 1. The van der Waals surface area contributed by atoms with E-state index in [4.69, 9.17) is 10.5 Å². The van der Waals surface area contributed by atoms with Gasteiger partial charge in [-0.25, -0.2) is 0 Å². The van der Waals surface area contributed by atoms with Crippen molar-refractivity contribution in [1.82, 2.24) is 0 Å². The average molecular weight is 281 g/mol. The van der Waals surface area contributed by atoms with E-state index in [1.807, 2.05) is 38.1 Å². The number of rotatable bonds is 9. The third-order valence-electron chi connectivity index (χ3n) is 3.37. The van der Waals surface area contributed by atoms with E-state index in [2.05, 4.69) is 0 Å². The zero-order valence-corrected chi connectivity index (χ0v) is 12.5. The van der Waals surface area contributed by atoms with Gasteiger partial charge in [-0.15, -0.1) is 0 Å². The zero-order valence-electron chi connectivity index (χ0n) is 12.5. The smallest absolute Gasteiger partial charge is 0.119 e. The van der Waals surface area contributed by atoms with Crippen molar-refractivity contribution in [1.29, 1.82) is 0 Å². The van der Waals surface area contributed by atoms with Crippen molar-refractivity contribution in [2.24, 2.45) is 11.7 Å². The minimum atomic E-state index is -0.536. The standard InChI is InChI=1S/C16H27NO3/c1-12(2)15(18)7-4-10-20-14-6-3-5-13(11-14)16(19)8-9-17/h3,5-6,11-12,15-16,18-19H,4,7-10,17H2,1-2H3. The van der Waals surface area contributed by atoms with Crippen LogP contribution in [-0.4, -0.2) is 29.5 Å². The minimum Gasteiger partial charge on any atom is -0.494 e. The molecule has 1 aromatic rings. The van der Waals surface area contributed by atoms with E-state index in [1.165, 1.54) is 0 Å². The summed E-state index contributed by atoms with van der Waals surface area (Å²) in [6.07, 6.45) is 1.30. The molecule has 0 fully saturated rings. The molecule has 0 saturated heterocycles. The van der Waals surface area contributed by atoms with Crippen LogP contribution < -0.4 is 10.5 Å². The van der Waals surface area contributed by atoms with Crippen LogP contribution in [0.2, 0.25) is 0 Å². The normalized spacial score (nSPS) is 14.3. The molecule has 0 aromatic heterocycles. The molecule has 0 heterocycles. The first-order chi connectivity index (χ1) is 9.54. The highest BCUT2D eigenvalue weighted by atomic mass is 16.5. The first-order valence-electron chi connectivity index (χ1n) is 7.33. The van der Waals surface area contributed by atoms with Gasteiger partial charge in [0.15, 0.2) is 0 Å². The monoisotopic (exact) mass is 281 g/mol. The van der Waals surface area contributed by atoms with Gasteiger partial charge in [-0.3, -0.25) is 0 Å². The first-order valence-corrected chi connectivity index (χ1v) is 7.33. The van der Waals surface area contributed by atoms with Crippen LogP contribution in [0.4, 0.5) is 0 Å². The Kier molecular flexibility index (Phi) is 7.59. The van der Waals surface area contributed by atoms with Gasteiger partial charge in [-0.2, -0.15) is 0 Å². The lowest BCUT2D eigenvalue weighted by molar-refractivity contribution is 0.108. The predicted octanol–water partition coefficient (Wildman–Crippen LogP) is 2.24. The summed E-state index contributed by atoms with van der Waals surface area (Å²) in [6.45, 7) is 5.04. The summed E-state index contributed by atoms with van der Waals surface area (Å²) in [7, 11) is 0. The Hall–Kier alpha value is -1.10. The molecule has 1 aromatic carbocycles. The molecule has 0 saturated carbocycles. The number of aliphatic hydroxyl groups is 2. The Morgan fingerprint density at radius 2 is 1.95 bits per heavy atom. The van der Waals surface area contributed by atoms with Crippen LogP contribution in [0.3, 0.4) is 0 Å². The van der Waals surface area contributed by atoms with E-state index in [9.17, 15) is 10.2 Å². The molecule has 0 aliphatic carbocycles. The maximum atomic E-state index is 9.88. The zero-order chi connectivity index (χ0) is 15.0. The average Bonchev–Trinajstić information content (AvgIpc) is 2.43. The van der Waals surface area contributed by atoms with Crippen LogP contribution in [0.15, 0.2) is 24.3 Å². The van der Waals surface area contributed by atoms with Crippen LogP contribution in [0, 0.1) is 5.92 Å². The van der Waals surface area contributed by atoms with Gasteiger partial charge in [0.25, 0.3) is 0 Å². The highest BCUT2D eigenvalue weighted by molar-refractivity contribution is 5.29. The number of hydrogen-bond acceptors (Lipinski definition) is 4. The molecule has 4 heteroatoms. The molecule has 2 atom stereocenters. The van der Waals surface area contributed by atoms with Gasteiger partial charge in [0.05, 0.1) is 18.8 Å². The molecule has 0 aliphatic heterocycles. The number of hydrogen-bond donors (Lipinski definition) is 3. The van der Waals surface area contributed by atoms with Gasteiger partial charge >= 0.3 is 0 Å². The van der Waals surface area contributed by atoms with E-state index in [0.717, 1.165) is 24.2 Å². The molecule has 1 rings (SSSR count). The topological polar surface area (TPSA) is 75.7 Å². The number of nitrogens with two attached hydrogens (primary N) is 1. The third-order valence-corrected chi connectivity index (χ3v) is 3.37. The van der Waals surface area contributed by atoms with Crippen LogP contribution in [0.5, 0.6) is 5.75 Å². The van der Waals surface area contributed by atoms with E-state index >= 15 is 0 Å². The second kappa shape index (κ2) is 8.95. The molecule has 0 bridgehead atoms. The lowest BCUT2D eigenvalue weighted by atomic mass is 10.0. The summed E-state index contributed by atoms with van der Waals surface area (Å²) < 4.78 is 5.65. The quantitative estimate of drug-likeness (QED) is 0.607. The number of ether oxygens (including phenoxy) is 1. The molecule has 20 heavy (non-hydrogen) atoms. The third kappa shape index (κ3) is 5.90. The second-order valence-electron chi connectivity index (χ2n) is 5.47. The minimum absolute atomic E-state index is 0.267. The highest BCUT2D eigenvalue weighted by Gasteiger charge is 2.09. The molecule has 0 radical (unpaired) electrons.